The number of nitrogens with one attached hydrogen (secondary N) is 1. The fraction of sp³-hybridized carbons (Fsp3) is 0.294. The zero-order valence-corrected chi connectivity index (χ0v) is 15.4. The van der Waals surface area contributed by atoms with Gasteiger partial charge in [-0.3, -0.25) is 9.78 Å². The first-order valence-electron chi connectivity index (χ1n) is 7.56. The van der Waals surface area contributed by atoms with Crippen LogP contribution in [0.5, 0.6) is 11.5 Å². The van der Waals surface area contributed by atoms with E-state index in [9.17, 15) is 4.79 Å². The van der Waals surface area contributed by atoms with E-state index in [0.29, 0.717) is 36.2 Å². The van der Waals surface area contributed by atoms with Crippen molar-refractivity contribution in [2.24, 2.45) is 5.73 Å². The lowest BCUT2D eigenvalue weighted by atomic mass is 10.2. The summed E-state index contributed by atoms with van der Waals surface area (Å²) >= 11 is 6.26. The third-order valence-corrected chi connectivity index (χ3v) is 3.42. The fourth-order valence-electron chi connectivity index (χ4n) is 2.12. The second kappa shape index (κ2) is 10.8. The number of carbonyl (C=O) groups excluding carboxylic acids is 1. The number of hydrogen-bond acceptors (Lipinski definition) is 5. The van der Waals surface area contributed by atoms with Crippen molar-refractivity contribution in [1.82, 2.24) is 10.3 Å². The molecule has 136 valence electrons. The van der Waals surface area contributed by atoms with Crippen LogP contribution in [0.3, 0.4) is 0 Å². The Bertz CT molecular complexity index is 684. The number of nitrogens with two attached hydrogens (primary N) is 1. The topological polar surface area (TPSA) is 86.5 Å². The summed E-state index contributed by atoms with van der Waals surface area (Å²) in [5, 5.41) is 3.71. The number of halogens is 2. The van der Waals surface area contributed by atoms with Crippen LogP contribution in [0.15, 0.2) is 36.7 Å². The van der Waals surface area contributed by atoms with Gasteiger partial charge in [0.1, 0.15) is 0 Å². The van der Waals surface area contributed by atoms with E-state index in [4.69, 9.17) is 26.8 Å². The lowest BCUT2D eigenvalue weighted by molar-refractivity contribution is -0.119. The largest absolute Gasteiger partial charge is 0.490 e. The molecule has 6 nitrogen and oxygen atoms in total. The summed E-state index contributed by atoms with van der Waals surface area (Å²) in [6.07, 6.45) is 3.51. The Hall–Kier alpha value is -2.02. The number of aromatic nitrogens is 1. The molecule has 0 spiro atoms. The molecule has 0 aliphatic heterocycles. The highest BCUT2D eigenvalue weighted by molar-refractivity contribution is 6.32. The van der Waals surface area contributed by atoms with Crippen molar-refractivity contribution < 1.29 is 14.3 Å². The summed E-state index contributed by atoms with van der Waals surface area (Å²) in [7, 11) is 0. The standard InChI is InChI=1S/C17H20ClN3O3.ClH/c1-2-23-15-8-13(7-14(18)17(15)24-11-16(19)22)10-21-9-12-3-5-20-6-4-12;/h3-8,21H,2,9-11H2,1H3,(H2,19,22);1H. The second-order valence-corrected chi connectivity index (χ2v) is 5.46. The van der Waals surface area contributed by atoms with Gasteiger partial charge in [-0.2, -0.15) is 0 Å². The summed E-state index contributed by atoms with van der Waals surface area (Å²) in [6.45, 7) is 3.39. The normalized spacial score (nSPS) is 10.0. The van der Waals surface area contributed by atoms with Gasteiger partial charge in [0, 0.05) is 25.5 Å². The maximum absolute atomic E-state index is 10.9. The van der Waals surface area contributed by atoms with Gasteiger partial charge in [-0.1, -0.05) is 11.6 Å². The molecule has 0 fully saturated rings. The van der Waals surface area contributed by atoms with Gasteiger partial charge in [0.05, 0.1) is 11.6 Å². The predicted molar refractivity (Wildman–Crippen MR) is 99.3 cm³/mol. The Labute approximate surface area is 158 Å². The maximum Gasteiger partial charge on any atom is 0.255 e. The minimum absolute atomic E-state index is 0. The molecular formula is C17H21Cl2N3O3. The Morgan fingerprint density at radius 2 is 1.88 bits per heavy atom. The van der Waals surface area contributed by atoms with Gasteiger partial charge in [0.2, 0.25) is 0 Å². The molecule has 0 bridgehead atoms. The number of benzene rings is 1. The molecule has 0 radical (unpaired) electrons. The van der Waals surface area contributed by atoms with E-state index < -0.39 is 5.91 Å². The van der Waals surface area contributed by atoms with Crippen molar-refractivity contribution in [3.8, 4) is 11.5 Å². The Morgan fingerprint density at radius 3 is 2.52 bits per heavy atom. The molecule has 2 rings (SSSR count). The molecule has 1 amide bonds. The SMILES string of the molecule is CCOc1cc(CNCc2ccncc2)cc(Cl)c1OCC(N)=O.Cl. The van der Waals surface area contributed by atoms with Crippen LogP contribution < -0.4 is 20.5 Å². The Balaban J connectivity index is 0.00000312. The van der Waals surface area contributed by atoms with Crippen molar-refractivity contribution in [2.45, 2.75) is 20.0 Å². The van der Waals surface area contributed by atoms with Gasteiger partial charge in [0.25, 0.3) is 5.91 Å². The highest BCUT2D eigenvalue weighted by Crippen LogP contribution is 2.36. The summed E-state index contributed by atoms with van der Waals surface area (Å²) in [5.74, 6) is 0.249. The quantitative estimate of drug-likeness (QED) is 0.692. The van der Waals surface area contributed by atoms with Gasteiger partial charge < -0.3 is 20.5 Å². The van der Waals surface area contributed by atoms with Crippen molar-refractivity contribution in [3.05, 3.63) is 52.8 Å². The number of carbonyl (C=O) groups is 1. The minimum atomic E-state index is -0.573. The van der Waals surface area contributed by atoms with Gasteiger partial charge in [-0.15, -0.1) is 12.4 Å². The van der Waals surface area contributed by atoms with Crippen LogP contribution in [0.4, 0.5) is 0 Å². The van der Waals surface area contributed by atoms with Crippen LogP contribution in [0, 0.1) is 0 Å². The average Bonchev–Trinajstić information content (AvgIpc) is 2.55. The molecule has 8 heteroatoms. The zero-order chi connectivity index (χ0) is 17.4. The lowest BCUT2D eigenvalue weighted by Gasteiger charge is -2.15. The second-order valence-electron chi connectivity index (χ2n) is 5.05. The van der Waals surface area contributed by atoms with Gasteiger partial charge in [-0.05, 0) is 42.3 Å². The molecule has 1 aromatic heterocycles. The van der Waals surface area contributed by atoms with Gasteiger partial charge in [0.15, 0.2) is 18.1 Å². The number of amides is 1. The number of primary amides is 1. The van der Waals surface area contributed by atoms with Crippen molar-refractivity contribution in [3.63, 3.8) is 0 Å². The van der Waals surface area contributed by atoms with Gasteiger partial charge in [-0.25, -0.2) is 0 Å². The van der Waals surface area contributed by atoms with E-state index in [2.05, 4.69) is 10.3 Å². The first-order chi connectivity index (χ1) is 11.6. The monoisotopic (exact) mass is 385 g/mol. The van der Waals surface area contributed by atoms with E-state index in [0.717, 1.165) is 11.1 Å². The Kier molecular flexibility index (Phi) is 9.05. The van der Waals surface area contributed by atoms with E-state index in [1.54, 1.807) is 18.5 Å². The molecule has 1 aromatic carbocycles. The first kappa shape index (κ1) is 21.0. The van der Waals surface area contributed by atoms with Crippen LogP contribution >= 0.6 is 24.0 Å². The molecule has 0 aliphatic carbocycles. The van der Waals surface area contributed by atoms with Gasteiger partial charge >= 0.3 is 0 Å². The average molecular weight is 386 g/mol. The number of pyridine rings is 1. The third kappa shape index (κ3) is 6.78. The lowest BCUT2D eigenvalue weighted by Crippen LogP contribution is -2.20. The zero-order valence-electron chi connectivity index (χ0n) is 13.8. The summed E-state index contributed by atoms with van der Waals surface area (Å²) < 4.78 is 10.9. The van der Waals surface area contributed by atoms with Crippen LogP contribution in [0.1, 0.15) is 18.1 Å². The van der Waals surface area contributed by atoms with E-state index >= 15 is 0 Å². The molecular weight excluding hydrogens is 365 g/mol. The predicted octanol–water partition coefficient (Wildman–Crippen LogP) is 2.71. The number of nitrogens with zero attached hydrogens (tertiary/aromatic N) is 1. The van der Waals surface area contributed by atoms with Crippen LogP contribution in [-0.2, 0) is 17.9 Å². The van der Waals surface area contributed by atoms with E-state index in [-0.39, 0.29) is 19.0 Å². The molecule has 0 saturated heterocycles. The number of hydrogen-bond donors (Lipinski definition) is 2. The van der Waals surface area contributed by atoms with Crippen molar-refractivity contribution >= 4 is 29.9 Å². The molecule has 0 saturated carbocycles. The van der Waals surface area contributed by atoms with Crippen molar-refractivity contribution in [1.29, 1.82) is 0 Å². The minimum Gasteiger partial charge on any atom is -0.490 e. The number of rotatable bonds is 9. The van der Waals surface area contributed by atoms with Crippen molar-refractivity contribution in [2.75, 3.05) is 13.2 Å². The Morgan fingerprint density at radius 1 is 1.20 bits per heavy atom. The molecule has 0 atom stereocenters. The molecule has 0 unspecified atom stereocenters. The molecule has 0 aliphatic rings. The highest BCUT2D eigenvalue weighted by Gasteiger charge is 2.13. The highest BCUT2D eigenvalue weighted by atomic mass is 35.5. The van der Waals surface area contributed by atoms with Crippen LogP contribution in [0.25, 0.3) is 0 Å². The fourth-order valence-corrected chi connectivity index (χ4v) is 2.41. The smallest absolute Gasteiger partial charge is 0.255 e. The summed E-state index contributed by atoms with van der Waals surface area (Å²) in [5.41, 5.74) is 7.19. The maximum atomic E-state index is 10.9. The van der Waals surface area contributed by atoms with Crippen LogP contribution in [0.2, 0.25) is 5.02 Å². The third-order valence-electron chi connectivity index (χ3n) is 3.14. The molecule has 25 heavy (non-hydrogen) atoms. The van der Waals surface area contributed by atoms with Crippen LogP contribution in [-0.4, -0.2) is 24.1 Å². The molecule has 3 N–H and O–H groups in total. The number of ether oxygens (including phenoxy) is 2. The molecule has 2 aromatic rings. The van der Waals surface area contributed by atoms with E-state index in [1.165, 1.54) is 0 Å². The summed E-state index contributed by atoms with van der Waals surface area (Å²) in [4.78, 5) is 14.9. The first-order valence-corrected chi connectivity index (χ1v) is 7.94. The summed E-state index contributed by atoms with van der Waals surface area (Å²) in [6, 6.07) is 7.52. The molecule has 1 heterocycles. The van der Waals surface area contributed by atoms with E-state index in [1.807, 2.05) is 25.1 Å².